The molecule has 3 rings (SSSR count). The summed E-state index contributed by atoms with van der Waals surface area (Å²) in [7, 11) is 1.50. The van der Waals surface area contributed by atoms with Crippen molar-refractivity contribution in [2.45, 2.75) is 0 Å². The van der Waals surface area contributed by atoms with E-state index in [1.54, 1.807) is 0 Å². The van der Waals surface area contributed by atoms with Crippen LogP contribution < -0.4 is 0 Å². The summed E-state index contributed by atoms with van der Waals surface area (Å²) in [5.74, 6) is -2.05. The number of aliphatic imine (C=N–C) groups is 1. The molecular formula is C18H12ClN3O6S. The van der Waals surface area contributed by atoms with Gasteiger partial charge in [-0.2, -0.15) is 0 Å². The van der Waals surface area contributed by atoms with Gasteiger partial charge in [-0.15, -0.1) is 0 Å². The Balaban J connectivity index is 1.94. The highest BCUT2D eigenvalue weighted by atomic mass is 35.5. The van der Waals surface area contributed by atoms with Crippen LogP contribution in [0.1, 0.15) is 15.9 Å². The average molecular weight is 434 g/mol. The molecule has 29 heavy (non-hydrogen) atoms. The first kappa shape index (κ1) is 20.4. The van der Waals surface area contributed by atoms with Gasteiger partial charge in [-0.25, -0.2) is 9.79 Å². The van der Waals surface area contributed by atoms with E-state index >= 15 is 0 Å². The molecule has 1 aliphatic heterocycles. The first-order chi connectivity index (χ1) is 13.7. The van der Waals surface area contributed by atoms with Gasteiger partial charge in [-0.05, 0) is 47.7 Å². The molecule has 9 nitrogen and oxygen atoms in total. The van der Waals surface area contributed by atoms with Gasteiger partial charge in [0.25, 0.3) is 5.91 Å². The molecule has 0 atom stereocenters. The summed E-state index contributed by atoms with van der Waals surface area (Å²) in [5.41, 5.74) is 0.0761. The van der Waals surface area contributed by atoms with Crippen molar-refractivity contribution in [1.82, 2.24) is 4.90 Å². The first-order valence-electron chi connectivity index (χ1n) is 7.94. The number of likely N-dealkylation sites (N-methyl/N-ethyl adjacent to an activating group) is 1. The third-order valence-corrected chi connectivity index (χ3v) is 5.29. The minimum atomic E-state index is -1.20. The largest absolute Gasteiger partial charge is 0.502 e. The summed E-state index contributed by atoms with van der Waals surface area (Å²) in [5, 5.41) is 30.0. The average Bonchev–Trinajstić information content (AvgIpc) is 2.92. The quantitative estimate of drug-likeness (QED) is 0.424. The molecule has 1 heterocycles. The molecule has 0 aliphatic carbocycles. The van der Waals surface area contributed by atoms with Crippen molar-refractivity contribution >= 4 is 57.9 Å². The number of aromatic carboxylic acids is 1. The fraction of sp³-hybridized carbons (Fsp3) is 0.0556. The van der Waals surface area contributed by atoms with E-state index in [0.717, 1.165) is 17.8 Å². The number of nitrogens with zero attached hydrogens (tertiary/aromatic N) is 3. The van der Waals surface area contributed by atoms with Crippen LogP contribution >= 0.6 is 23.4 Å². The predicted octanol–water partition coefficient (Wildman–Crippen LogP) is 3.89. The van der Waals surface area contributed by atoms with Crippen LogP contribution in [0.15, 0.2) is 46.3 Å². The van der Waals surface area contributed by atoms with Gasteiger partial charge in [-0.1, -0.05) is 17.7 Å². The van der Waals surface area contributed by atoms with E-state index in [2.05, 4.69) is 4.99 Å². The van der Waals surface area contributed by atoms with Crippen LogP contribution in [0.2, 0.25) is 5.02 Å². The van der Waals surface area contributed by atoms with Gasteiger partial charge in [0.1, 0.15) is 0 Å². The topological polar surface area (TPSA) is 133 Å². The van der Waals surface area contributed by atoms with Crippen molar-refractivity contribution in [3.63, 3.8) is 0 Å². The highest BCUT2D eigenvalue weighted by Gasteiger charge is 2.30. The number of carbonyl (C=O) groups excluding carboxylic acids is 1. The predicted molar refractivity (Wildman–Crippen MR) is 109 cm³/mol. The lowest BCUT2D eigenvalue weighted by Crippen LogP contribution is -2.23. The SMILES string of the molecule is CN1C(=O)/C(=C\c2ccc(O)c([N+](=O)[O-])c2)SC1=Nc1ccc(Cl)c(C(=O)O)c1. The number of phenolic OH excluding ortho intramolecular Hbond substituents is 1. The molecule has 2 aromatic carbocycles. The zero-order chi connectivity index (χ0) is 21.3. The van der Waals surface area contributed by atoms with Crippen LogP contribution in [0.4, 0.5) is 11.4 Å². The monoisotopic (exact) mass is 433 g/mol. The van der Waals surface area contributed by atoms with E-state index in [-0.39, 0.29) is 21.4 Å². The van der Waals surface area contributed by atoms with Crippen molar-refractivity contribution < 1.29 is 24.7 Å². The molecule has 1 amide bonds. The number of hydrogen-bond acceptors (Lipinski definition) is 7. The Bertz CT molecular complexity index is 1110. The Morgan fingerprint density at radius 2 is 2.03 bits per heavy atom. The zero-order valence-electron chi connectivity index (χ0n) is 14.7. The van der Waals surface area contributed by atoms with Crippen molar-refractivity contribution in [2.75, 3.05) is 7.05 Å². The number of amidine groups is 1. The highest BCUT2D eigenvalue weighted by molar-refractivity contribution is 8.18. The van der Waals surface area contributed by atoms with Crippen molar-refractivity contribution in [3.05, 3.63) is 67.6 Å². The Hall–Kier alpha value is -3.37. The van der Waals surface area contributed by atoms with Crippen molar-refractivity contribution in [3.8, 4) is 5.75 Å². The molecule has 1 aliphatic rings. The van der Waals surface area contributed by atoms with Crippen LogP contribution in [-0.2, 0) is 4.79 Å². The van der Waals surface area contributed by atoms with E-state index in [1.165, 1.54) is 48.4 Å². The molecule has 0 aromatic heterocycles. The maximum absolute atomic E-state index is 12.5. The summed E-state index contributed by atoms with van der Waals surface area (Å²) in [6, 6.07) is 7.99. The molecule has 2 N–H and O–H groups in total. The first-order valence-corrected chi connectivity index (χ1v) is 9.13. The molecule has 0 radical (unpaired) electrons. The molecule has 1 fully saturated rings. The minimum Gasteiger partial charge on any atom is -0.502 e. The fourth-order valence-electron chi connectivity index (χ4n) is 2.44. The number of nitro benzene ring substituents is 1. The Labute approximate surface area is 173 Å². The van der Waals surface area contributed by atoms with Crippen LogP contribution in [0.25, 0.3) is 6.08 Å². The Morgan fingerprint density at radius 3 is 2.69 bits per heavy atom. The summed E-state index contributed by atoms with van der Waals surface area (Å²) in [4.78, 5) is 39.8. The molecule has 0 unspecified atom stereocenters. The van der Waals surface area contributed by atoms with Crippen molar-refractivity contribution in [2.24, 2.45) is 4.99 Å². The number of aromatic hydroxyl groups is 1. The number of benzene rings is 2. The number of rotatable bonds is 4. The van der Waals surface area contributed by atoms with E-state index < -0.39 is 22.3 Å². The number of carboxylic acids is 1. The molecule has 148 valence electrons. The summed E-state index contributed by atoms with van der Waals surface area (Å²) in [6.45, 7) is 0. The molecule has 2 aromatic rings. The van der Waals surface area contributed by atoms with Gasteiger partial charge in [0, 0.05) is 13.1 Å². The lowest BCUT2D eigenvalue weighted by Gasteiger charge is -2.07. The second-order valence-corrected chi connectivity index (χ2v) is 7.26. The number of phenols is 1. The molecule has 0 bridgehead atoms. The smallest absolute Gasteiger partial charge is 0.337 e. The van der Waals surface area contributed by atoms with Crippen LogP contribution in [-0.4, -0.2) is 44.1 Å². The third-order valence-electron chi connectivity index (χ3n) is 3.90. The second kappa shape index (κ2) is 7.94. The number of thioether (sulfide) groups is 1. The summed E-state index contributed by atoms with van der Waals surface area (Å²) < 4.78 is 0. The Kier molecular flexibility index (Phi) is 5.57. The zero-order valence-corrected chi connectivity index (χ0v) is 16.3. The molecule has 0 spiro atoms. The maximum Gasteiger partial charge on any atom is 0.337 e. The van der Waals surface area contributed by atoms with Crippen LogP contribution in [0.3, 0.4) is 0 Å². The summed E-state index contributed by atoms with van der Waals surface area (Å²) >= 11 is 6.87. The summed E-state index contributed by atoms with van der Waals surface area (Å²) in [6.07, 6.45) is 1.45. The van der Waals surface area contributed by atoms with E-state index in [0.29, 0.717) is 16.4 Å². The number of amides is 1. The van der Waals surface area contributed by atoms with Gasteiger partial charge in [0.15, 0.2) is 10.9 Å². The van der Waals surface area contributed by atoms with Gasteiger partial charge >= 0.3 is 11.7 Å². The van der Waals surface area contributed by atoms with Gasteiger partial charge < -0.3 is 10.2 Å². The number of carbonyl (C=O) groups is 2. The number of carboxylic acid groups (broad SMARTS) is 1. The second-order valence-electron chi connectivity index (χ2n) is 5.84. The standard InChI is InChI=1S/C18H12ClN3O6S/c1-21-16(24)15(7-9-2-5-14(23)13(6-9)22(27)28)29-18(21)20-10-3-4-12(19)11(8-10)17(25)26/h2-8,23H,1H3,(H,25,26)/b15-7+,20-18?. The lowest BCUT2D eigenvalue weighted by molar-refractivity contribution is -0.385. The van der Waals surface area contributed by atoms with Gasteiger partial charge in [-0.3, -0.25) is 19.8 Å². The van der Waals surface area contributed by atoms with E-state index in [1.807, 2.05) is 0 Å². The molecule has 1 saturated heterocycles. The minimum absolute atomic E-state index is 0.0689. The Morgan fingerprint density at radius 1 is 1.31 bits per heavy atom. The third kappa shape index (κ3) is 4.23. The number of halogens is 1. The van der Waals surface area contributed by atoms with Crippen LogP contribution in [0, 0.1) is 10.1 Å². The highest BCUT2D eigenvalue weighted by Crippen LogP contribution is 2.35. The van der Waals surface area contributed by atoms with Gasteiger partial charge in [0.2, 0.25) is 0 Å². The molecule has 11 heteroatoms. The maximum atomic E-state index is 12.5. The molecule has 0 saturated carbocycles. The number of nitro groups is 1. The van der Waals surface area contributed by atoms with Crippen molar-refractivity contribution in [1.29, 1.82) is 0 Å². The lowest BCUT2D eigenvalue weighted by atomic mass is 10.1. The normalized spacial score (nSPS) is 16.6. The molecular weight excluding hydrogens is 422 g/mol. The van der Waals surface area contributed by atoms with Gasteiger partial charge in [0.05, 0.1) is 26.1 Å². The van der Waals surface area contributed by atoms with E-state index in [9.17, 15) is 24.8 Å². The van der Waals surface area contributed by atoms with E-state index in [4.69, 9.17) is 16.7 Å². The van der Waals surface area contributed by atoms with Crippen LogP contribution in [0.5, 0.6) is 5.75 Å². The number of hydrogen-bond donors (Lipinski definition) is 2. The fourth-order valence-corrected chi connectivity index (χ4v) is 3.62.